The van der Waals surface area contributed by atoms with E-state index in [0.29, 0.717) is 30.5 Å². The van der Waals surface area contributed by atoms with Gasteiger partial charge in [0.25, 0.3) is 0 Å². The van der Waals surface area contributed by atoms with Gasteiger partial charge in [-0.2, -0.15) is 0 Å². The van der Waals surface area contributed by atoms with Crippen molar-refractivity contribution in [1.29, 1.82) is 0 Å². The molecule has 0 aromatic heterocycles. The molecule has 0 spiro atoms. The average Bonchev–Trinajstić information content (AvgIpc) is 2.92. The summed E-state index contributed by atoms with van der Waals surface area (Å²) >= 11 is 0. The van der Waals surface area contributed by atoms with E-state index in [-0.39, 0.29) is 18.3 Å². The maximum Gasteiger partial charge on any atom is 0.223 e. The molecule has 1 N–H and O–H groups in total. The Balaban J connectivity index is 0.00000208. The summed E-state index contributed by atoms with van der Waals surface area (Å²) in [5.41, 5.74) is 2.63. The van der Waals surface area contributed by atoms with Crippen LogP contribution < -0.4 is 5.32 Å². The van der Waals surface area contributed by atoms with Crippen LogP contribution in [0.15, 0.2) is 24.3 Å². The molecule has 1 aromatic carbocycles. The Hall–Kier alpha value is -1.06. The summed E-state index contributed by atoms with van der Waals surface area (Å²) in [6.45, 7) is 4.34. The van der Waals surface area contributed by atoms with Crippen LogP contribution in [0.2, 0.25) is 0 Å². The van der Waals surface area contributed by atoms with E-state index in [1.807, 2.05) is 11.9 Å². The van der Waals surface area contributed by atoms with E-state index >= 15 is 0 Å². The monoisotopic (exact) mass is 350 g/mol. The number of nitrogens with zero attached hydrogens (tertiary/aromatic N) is 1. The first-order valence-corrected chi connectivity index (χ1v) is 9.17. The van der Waals surface area contributed by atoms with Crippen LogP contribution >= 0.6 is 12.4 Å². The van der Waals surface area contributed by atoms with Gasteiger partial charge in [0.05, 0.1) is 0 Å². The van der Waals surface area contributed by atoms with Gasteiger partial charge >= 0.3 is 0 Å². The van der Waals surface area contributed by atoms with Crippen molar-refractivity contribution in [3.8, 4) is 0 Å². The summed E-state index contributed by atoms with van der Waals surface area (Å²) in [4.78, 5) is 14.7. The summed E-state index contributed by atoms with van der Waals surface area (Å²) in [5.74, 6) is 0.581. The Morgan fingerprint density at radius 2 is 1.79 bits per heavy atom. The number of amides is 1. The van der Waals surface area contributed by atoms with Crippen LogP contribution in [0.5, 0.6) is 0 Å². The van der Waals surface area contributed by atoms with Crippen molar-refractivity contribution in [2.75, 3.05) is 7.05 Å². The Kier molecular flexibility index (Phi) is 6.70. The maximum atomic E-state index is 12.7. The predicted octanol–water partition coefficient (Wildman–Crippen LogP) is 3.91. The largest absolute Gasteiger partial charge is 0.343 e. The van der Waals surface area contributed by atoms with E-state index in [1.54, 1.807) is 0 Å². The molecule has 3 rings (SSSR count). The molecular formula is C20H31ClN2O. The Bertz CT molecular complexity index is 533. The van der Waals surface area contributed by atoms with Gasteiger partial charge in [0, 0.05) is 31.6 Å². The van der Waals surface area contributed by atoms with Crippen LogP contribution in [-0.4, -0.2) is 36.0 Å². The Labute approximate surface area is 152 Å². The van der Waals surface area contributed by atoms with E-state index in [2.05, 4.69) is 43.4 Å². The molecule has 2 bridgehead atoms. The second-order valence-corrected chi connectivity index (χ2v) is 7.47. The van der Waals surface area contributed by atoms with Crippen molar-refractivity contribution in [1.82, 2.24) is 10.2 Å². The van der Waals surface area contributed by atoms with Crippen LogP contribution in [0.1, 0.15) is 63.0 Å². The van der Waals surface area contributed by atoms with Gasteiger partial charge in [0.1, 0.15) is 0 Å². The second-order valence-electron chi connectivity index (χ2n) is 7.47. The fourth-order valence-electron chi connectivity index (χ4n) is 4.15. The smallest absolute Gasteiger partial charge is 0.223 e. The van der Waals surface area contributed by atoms with Crippen molar-refractivity contribution in [3.63, 3.8) is 0 Å². The molecule has 3 unspecified atom stereocenters. The first-order chi connectivity index (χ1) is 11.1. The third kappa shape index (κ3) is 4.31. The molecule has 3 nitrogen and oxygen atoms in total. The molecule has 2 fully saturated rings. The predicted molar refractivity (Wildman–Crippen MR) is 102 cm³/mol. The minimum atomic E-state index is 0. The summed E-state index contributed by atoms with van der Waals surface area (Å²) in [6.07, 6.45) is 6.49. The van der Waals surface area contributed by atoms with Crippen molar-refractivity contribution >= 4 is 18.3 Å². The summed E-state index contributed by atoms with van der Waals surface area (Å²) in [5, 5.41) is 3.65. The van der Waals surface area contributed by atoms with Crippen molar-refractivity contribution in [2.45, 2.75) is 76.4 Å². The number of nitrogens with one attached hydrogen (secondary N) is 1. The highest BCUT2D eigenvalue weighted by Gasteiger charge is 2.36. The van der Waals surface area contributed by atoms with E-state index in [4.69, 9.17) is 0 Å². The van der Waals surface area contributed by atoms with E-state index in [9.17, 15) is 4.79 Å². The molecule has 4 heteroatoms. The molecule has 0 aliphatic carbocycles. The lowest BCUT2D eigenvalue weighted by Crippen LogP contribution is -2.48. The van der Waals surface area contributed by atoms with Crippen LogP contribution in [0.4, 0.5) is 0 Å². The first-order valence-electron chi connectivity index (χ1n) is 9.17. The summed E-state index contributed by atoms with van der Waals surface area (Å²) < 4.78 is 0. The lowest BCUT2D eigenvalue weighted by atomic mass is 9.94. The maximum absolute atomic E-state index is 12.7. The number of carbonyl (C=O) groups excluding carboxylic acids is 1. The number of benzene rings is 1. The standard InChI is InChI=1S/C20H30N2O.ClH/c1-4-15-5-7-16(8-6-15)14(2)11-20(23)22(3)19-12-17-9-10-18(13-19)21-17;/h5-8,14,17-19,21H,4,9-13H2,1-3H3;1H. The zero-order valence-electron chi connectivity index (χ0n) is 15.1. The molecule has 0 saturated carbocycles. The van der Waals surface area contributed by atoms with E-state index in [0.717, 1.165) is 19.3 Å². The summed E-state index contributed by atoms with van der Waals surface area (Å²) in [6, 6.07) is 10.4. The molecule has 24 heavy (non-hydrogen) atoms. The molecule has 1 aromatic rings. The number of rotatable bonds is 5. The molecule has 3 atom stereocenters. The van der Waals surface area contributed by atoms with E-state index in [1.165, 1.54) is 24.0 Å². The van der Waals surface area contributed by atoms with Crippen molar-refractivity contribution in [3.05, 3.63) is 35.4 Å². The van der Waals surface area contributed by atoms with Gasteiger partial charge in [-0.3, -0.25) is 4.79 Å². The number of piperidine rings is 1. The highest BCUT2D eigenvalue weighted by atomic mass is 35.5. The molecule has 2 aliphatic rings. The molecular weight excluding hydrogens is 320 g/mol. The van der Waals surface area contributed by atoms with Gasteiger partial charge in [0.15, 0.2) is 0 Å². The van der Waals surface area contributed by atoms with Gasteiger partial charge in [-0.1, -0.05) is 38.1 Å². The zero-order valence-corrected chi connectivity index (χ0v) is 15.9. The molecule has 2 saturated heterocycles. The normalized spacial score (nSPS) is 26.5. The van der Waals surface area contributed by atoms with Gasteiger partial charge in [-0.05, 0) is 49.1 Å². The molecule has 134 valence electrons. The number of halogens is 1. The minimum Gasteiger partial charge on any atom is -0.343 e. The zero-order chi connectivity index (χ0) is 16.4. The Morgan fingerprint density at radius 1 is 1.21 bits per heavy atom. The summed E-state index contributed by atoms with van der Waals surface area (Å²) in [7, 11) is 2.00. The van der Waals surface area contributed by atoms with Gasteiger partial charge in [-0.15, -0.1) is 12.4 Å². The Morgan fingerprint density at radius 3 is 2.33 bits per heavy atom. The van der Waals surface area contributed by atoms with Crippen LogP contribution in [0.25, 0.3) is 0 Å². The quantitative estimate of drug-likeness (QED) is 0.873. The van der Waals surface area contributed by atoms with E-state index < -0.39 is 0 Å². The highest BCUT2D eigenvalue weighted by Crippen LogP contribution is 2.30. The topological polar surface area (TPSA) is 32.3 Å². The second kappa shape index (κ2) is 8.35. The number of hydrogen-bond donors (Lipinski definition) is 1. The average molecular weight is 351 g/mol. The highest BCUT2D eigenvalue weighted by molar-refractivity contribution is 5.85. The number of carbonyl (C=O) groups is 1. The number of fused-ring (bicyclic) bond motifs is 2. The van der Waals surface area contributed by atoms with Gasteiger partial charge in [0.2, 0.25) is 5.91 Å². The first kappa shape index (κ1) is 19.3. The number of aryl methyl sites for hydroxylation is 1. The number of hydrogen-bond acceptors (Lipinski definition) is 2. The van der Waals surface area contributed by atoms with Crippen LogP contribution in [0.3, 0.4) is 0 Å². The lowest BCUT2D eigenvalue weighted by Gasteiger charge is -2.36. The lowest BCUT2D eigenvalue weighted by molar-refractivity contribution is -0.133. The SMILES string of the molecule is CCc1ccc(C(C)CC(=O)N(C)C2CC3CCC(C2)N3)cc1.Cl. The third-order valence-electron chi connectivity index (χ3n) is 5.83. The van der Waals surface area contributed by atoms with Gasteiger partial charge < -0.3 is 10.2 Å². The minimum absolute atomic E-state index is 0. The van der Waals surface area contributed by atoms with Crippen LogP contribution in [-0.2, 0) is 11.2 Å². The van der Waals surface area contributed by atoms with Crippen LogP contribution in [0, 0.1) is 0 Å². The van der Waals surface area contributed by atoms with Gasteiger partial charge in [-0.25, -0.2) is 0 Å². The fourth-order valence-corrected chi connectivity index (χ4v) is 4.15. The van der Waals surface area contributed by atoms with Crippen molar-refractivity contribution in [2.24, 2.45) is 0 Å². The molecule has 2 heterocycles. The molecule has 2 aliphatic heterocycles. The van der Waals surface area contributed by atoms with Crippen molar-refractivity contribution < 1.29 is 4.79 Å². The molecule has 1 amide bonds. The molecule has 0 radical (unpaired) electrons. The fraction of sp³-hybridized carbons (Fsp3) is 0.650. The third-order valence-corrected chi connectivity index (χ3v) is 5.83.